The van der Waals surface area contributed by atoms with Crippen molar-refractivity contribution in [3.05, 3.63) is 59.7 Å². The second-order valence-corrected chi connectivity index (χ2v) is 4.39. The number of benzene rings is 2. The highest BCUT2D eigenvalue weighted by Gasteiger charge is 2.11. The summed E-state index contributed by atoms with van der Waals surface area (Å²) in [5.41, 5.74) is 3.49. The zero-order valence-electron chi connectivity index (χ0n) is 11.1. The van der Waals surface area contributed by atoms with Crippen molar-refractivity contribution in [1.29, 1.82) is 0 Å². The number of aryl methyl sites for hydroxylation is 1. The van der Waals surface area contributed by atoms with Gasteiger partial charge in [0.15, 0.2) is 0 Å². The van der Waals surface area contributed by atoms with Gasteiger partial charge in [0, 0.05) is 17.9 Å². The van der Waals surface area contributed by atoms with Gasteiger partial charge in [-0.05, 0) is 43.7 Å². The predicted molar refractivity (Wildman–Crippen MR) is 77.3 cm³/mol. The summed E-state index contributed by atoms with van der Waals surface area (Å²) in [5, 5.41) is 9.07. The Balaban J connectivity index is 2.45. The molecule has 2 aromatic carbocycles. The first kappa shape index (κ1) is 13.1. The third-order valence-electron chi connectivity index (χ3n) is 3.13. The van der Waals surface area contributed by atoms with Crippen LogP contribution in [0.3, 0.4) is 0 Å². The maximum Gasteiger partial charge on any atom is 0.335 e. The number of aromatic carboxylic acids is 1. The van der Waals surface area contributed by atoms with Crippen molar-refractivity contribution in [2.24, 2.45) is 0 Å². The molecule has 2 rings (SSSR count). The van der Waals surface area contributed by atoms with E-state index in [9.17, 15) is 4.79 Å². The van der Waals surface area contributed by atoms with Crippen molar-refractivity contribution >= 4 is 17.3 Å². The van der Waals surface area contributed by atoms with Crippen LogP contribution in [0.4, 0.5) is 11.4 Å². The van der Waals surface area contributed by atoms with Crippen molar-refractivity contribution in [2.75, 3.05) is 11.4 Å². The second-order valence-electron chi connectivity index (χ2n) is 4.39. The molecule has 98 valence electrons. The van der Waals surface area contributed by atoms with Crippen molar-refractivity contribution in [3.8, 4) is 0 Å². The third kappa shape index (κ3) is 2.76. The Hall–Kier alpha value is -2.29. The third-order valence-corrected chi connectivity index (χ3v) is 3.13. The first-order valence-corrected chi connectivity index (χ1v) is 6.30. The van der Waals surface area contributed by atoms with Crippen molar-refractivity contribution in [2.45, 2.75) is 13.8 Å². The summed E-state index contributed by atoms with van der Waals surface area (Å²) in [7, 11) is 0. The van der Waals surface area contributed by atoms with Gasteiger partial charge in [-0.1, -0.05) is 24.3 Å². The van der Waals surface area contributed by atoms with Gasteiger partial charge in [-0.25, -0.2) is 4.79 Å². The van der Waals surface area contributed by atoms with Crippen LogP contribution in [0.1, 0.15) is 22.8 Å². The maximum atomic E-state index is 11.0. The van der Waals surface area contributed by atoms with Gasteiger partial charge in [-0.3, -0.25) is 0 Å². The number of anilines is 2. The van der Waals surface area contributed by atoms with Crippen LogP contribution in [0.5, 0.6) is 0 Å². The smallest absolute Gasteiger partial charge is 0.335 e. The van der Waals surface area contributed by atoms with Crippen LogP contribution < -0.4 is 4.90 Å². The zero-order valence-corrected chi connectivity index (χ0v) is 11.1. The number of nitrogens with zero attached hydrogens (tertiary/aromatic N) is 1. The summed E-state index contributed by atoms with van der Waals surface area (Å²) in [6, 6.07) is 15.1. The van der Waals surface area contributed by atoms with Crippen LogP contribution >= 0.6 is 0 Å². The van der Waals surface area contributed by atoms with Gasteiger partial charge < -0.3 is 10.0 Å². The van der Waals surface area contributed by atoms with E-state index in [4.69, 9.17) is 5.11 Å². The minimum atomic E-state index is -0.900. The van der Waals surface area contributed by atoms with Gasteiger partial charge in [0.2, 0.25) is 0 Å². The normalized spacial score (nSPS) is 10.2. The van der Waals surface area contributed by atoms with Crippen LogP contribution in [-0.4, -0.2) is 17.6 Å². The van der Waals surface area contributed by atoms with E-state index in [1.54, 1.807) is 18.2 Å². The van der Waals surface area contributed by atoms with E-state index in [2.05, 4.69) is 24.8 Å². The Morgan fingerprint density at radius 1 is 1.16 bits per heavy atom. The molecule has 1 N–H and O–H groups in total. The topological polar surface area (TPSA) is 40.5 Å². The summed E-state index contributed by atoms with van der Waals surface area (Å²) in [6.07, 6.45) is 0. The standard InChI is InChI=1S/C16H17NO2/c1-3-17(15-10-5-4-7-12(15)2)14-9-6-8-13(11-14)16(18)19/h4-11H,3H2,1-2H3,(H,18,19). The number of carboxylic acids is 1. The Kier molecular flexibility index (Phi) is 3.85. The lowest BCUT2D eigenvalue weighted by molar-refractivity contribution is 0.0697. The molecule has 0 unspecified atom stereocenters. The maximum absolute atomic E-state index is 11.0. The van der Waals surface area contributed by atoms with Gasteiger partial charge in [0.1, 0.15) is 0 Å². The van der Waals surface area contributed by atoms with Crippen LogP contribution in [0, 0.1) is 6.92 Å². The fourth-order valence-electron chi connectivity index (χ4n) is 2.17. The summed E-state index contributed by atoms with van der Waals surface area (Å²) < 4.78 is 0. The molecule has 0 bridgehead atoms. The average molecular weight is 255 g/mol. The van der Waals surface area contributed by atoms with E-state index >= 15 is 0 Å². The van der Waals surface area contributed by atoms with Crippen LogP contribution in [0.15, 0.2) is 48.5 Å². The van der Waals surface area contributed by atoms with Gasteiger partial charge >= 0.3 is 5.97 Å². The first-order valence-electron chi connectivity index (χ1n) is 6.30. The Labute approximate surface area is 113 Å². The Morgan fingerprint density at radius 2 is 1.89 bits per heavy atom. The molecule has 3 heteroatoms. The van der Waals surface area contributed by atoms with E-state index in [0.717, 1.165) is 17.9 Å². The quantitative estimate of drug-likeness (QED) is 0.902. The lowest BCUT2D eigenvalue weighted by atomic mass is 10.1. The minimum absolute atomic E-state index is 0.310. The van der Waals surface area contributed by atoms with Crippen LogP contribution in [0.2, 0.25) is 0 Å². The van der Waals surface area contributed by atoms with E-state index in [0.29, 0.717) is 5.56 Å². The Bertz CT molecular complexity index is 593. The second kappa shape index (κ2) is 5.57. The molecule has 0 saturated carbocycles. The lowest BCUT2D eigenvalue weighted by Crippen LogP contribution is -2.17. The molecule has 0 spiro atoms. The number of para-hydroxylation sites is 1. The van der Waals surface area contributed by atoms with Gasteiger partial charge in [-0.15, -0.1) is 0 Å². The van der Waals surface area contributed by atoms with E-state index in [1.807, 2.05) is 24.3 Å². The first-order chi connectivity index (χ1) is 9.13. The highest BCUT2D eigenvalue weighted by atomic mass is 16.4. The van der Waals surface area contributed by atoms with Crippen molar-refractivity contribution < 1.29 is 9.90 Å². The number of carbonyl (C=O) groups is 1. The Morgan fingerprint density at radius 3 is 2.53 bits per heavy atom. The molecule has 2 aromatic rings. The van der Waals surface area contributed by atoms with E-state index < -0.39 is 5.97 Å². The molecule has 0 amide bonds. The molecule has 0 aliphatic heterocycles. The molecule has 0 atom stereocenters. The summed E-state index contributed by atoms with van der Waals surface area (Å²) in [6.45, 7) is 4.90. The molecule has 0 fully saturated rings. The van der Waals surface area contributed by atoms with Crippen molar-refractivity contribution in [3.63, 3.8) is 0 Å². The van der Waals surface area contributed by atoms with Gasteiger partial charge in [0.05, 0.1) is 5.56 Å². The number of rotatable bonds is 4. The number of hydrogen-bond acceptors (Lipinski definition) is 2. The monoisotopic (exact) mass is 255 g/mol. The van der Waals surface area contributed by atoms with Crippen LogP contribution in [-0.2, 0) is 0 Å². The highest BCUT2D eigenvalue weighted by molar-refractivity contribution is 5.89. The molecule has 0 heterocycles. The molecule has 19 heavy (non-hydrogen) atoms. The molecule has 0 aromatic heterocycles. The molecular weight excluding hydrogens is 238 g/mol. The van der Waals surface area contributed by atoms with Crippen molar-refractivity contribution in [1.82, 2.24) is 0 Å². The van der Waals surface area contributed by atoms with Gasteiger partial charge in [0.25, 0.3) is 0 Å². The molecule has 0 saturated heterocycles. The molecule has 0 radical (unpaired) electrons. The summed E-state index contributed by atoms with van der Waals surface area (Å²) >= 11 is 0. The average Bonchev–Trinajstić information content (AvgIpc) is 2.42. The lowest BCUT2D eigenvalue weighted by Gasteiger charge is -2.25. The summed E-state index contributed by atoms with van der Waals surface area (Å²) in [4.78, 5) is 13.2. The zero-order chi connectivity index (χ0) is 13.8. The van der Waals surface area contributed by atoms with E-state index in [-0.39, 0.29) is 0 Å². The molecular formula is C16H17NO2. The minimum Gasteiger partial charge on any atom is -0.478 e. The molecule has 0 aliphatic rings. The van der Waals surface area contributed by atoms with E-state index in [1.165, 1.54) is 5.56 Å². The summed E-state index contributed by atoms with van der Waals surface area (Å²) in [5.74, 6) is -0.900. The van der Waals surface area contributed by atoms with Gasteiger partial charge in [-0.2, -0.15) is 0 Å². The van der Waals surface area contributed by atoms with Crippen LogP contribution in [0.25, 0.3) is 0 Å². The largest absolute Gasteiger partial charge is 0.478 e. The number of hydrogen-bond donors (Lipinski definition) is 1. The molecule has 0 aliphatic carbocycles. The number of carboxylic acid groups (broad SMARTS) is 1. The molecule has 3 nitrogen and oxygen atoms in total. The predicted octanol–water partition coefficient (Wildman–Crippen LogP) is 3.85. The fraction of sp³-hybridized carbons (Fsp3) is 0.188. The fourth-order valence-corrected chi connectivity index (χ4v) is 2.17. The SMILES string of the molecule is CCN(c1cccc(C(=O)O)c1)c1ccccc1C. The highest BCUT2D eigenvalue weighted by Crippen LogP contribution is 2.28.